The number of carbonyl (C=O) groups excluding carboxylic acids is 1. The van der Waals surface area contributed by atoms with Gasteiger partial charge in [-0.1, -0.05) is 12.1 Å². The van der Waals surface area contributed by atoms with Gasteiger partial charge in [0.15, 0.2) is 5.82 Å². The topological polar surface area (TPSA) is 67.8 Å². The molecule has 7 nitrogen and oxygen atoms in total. The van der Waals surface area contributed by atoms with Gasteiger partial charge in [0.2, 0.25) is 0 Å². The summed E-state index contributed by atoms with van der Waals surface area (Å²) in [6.45, 7) is 2.73. The number of benzene rings is 2. The van der Waals surface area contributed by atoms with Crippen molar-refractivity contribution in [3.8, 4) is 22.8 Å². The Bertz CT molecular complexity index is 1070. The van der Waals surface area contributed by atoms with Crippen LogP contribution in [0.2, 0.25) is 0 Å². The van der Waals surface area contributed by atoms with Gasteiger partial charge in [-0.25, -0.2) is 0 Å². The molecule has 0 unspecified atom stereocenters. The van der Waals surface area contributed by atoms with E-state index >= 15 is 0 Å². The minimum atomic E-state index is 0.0798. The summed E-state index contributed by atoms with van der Waals surface area (Å²) in [5, 5.41) is 8.84. The van der Waals surface area contributed by atoms with E-state index in [1.165, 1.54) is 0 Å². The summed E-state index contributed by atoms with van der Waals surface area (Å²) >= 11 is 2.21. The molecule has 8 heteroatoms. The van der Waals surface area contributed by atoms with E-state index in [1.54, 1.807) is 14.2 Å². The van der Waals surface area contributed by atoms with Crippen molar-refractivity contribution in [2.75, 3.05) is 45.3 Å². The third kappa shape index (κ3) is 4.58. The van der Waals surface area contributed by atoms with Gasteiger partial charge in [0, 0.05) is 35.3 Å². The first kappa shape index (κ1) is 21.4. The molecule has 2 aromatic carbocycles. The number of rotatable bonds is 5. The maximum absolute atomic E-state index is 12.8. The lowest BCUT2D eigenvalue weighted by molar-refractivity contribution is 0.0745. The fourth-order valence-corrected chi connectivity index (χ4v) is 4.21. The lowest BCUT2D eigenvalue weighted by atomic mass is 10.1. The van der Waals surface area contributed by atoms with Gasteiger partial charge in [0.05, 0.1) is 25.5 Å². The number of hydrogen-bond donors (Lipinski definition) is 0. The predicted octanol–water partition coefficient (Wildman–Crippen LogP) is 3.73. The highest BCUT2D eigenvalue weighted by atomic mass is 127. The van der Waals surface area contributed by atoms with E-state index in [9.17, 15) is 4.79 Å². The van der Waals surface area contributed by atoms with Gasteiger partial charge in [-0.2, -0.15) is 0 Å². The first-order chi connectivity index (χ1) is 15.1. The van der Waals surface area contributed by atoms with Gasteiger partial charge in [-0.15, -0.1) is 10.2 Å². The maximum atomic E-state index is 12.8. The molecule has 0 spiro atoms. The number of amides is 1. The van der Waals surface area contributed by atoms with Crippen LogP contribution in [0.4, 0.5) is 5.82 Å². The standard InChI is InChI=1S/C23H23IN4O3/c1-30-16-7-9-21(31-2)18(15-16)20-8-10-22(26-25-20)27-11-13-28(14-12-27)23(29)17-5-3-4-6-19(17)24/h3-10,15H,11-14H2,1-2H3. The molecule has 0 aliphatic carbocycles. The Kier molecular flexibility index (Phi) is 6.55. The molecule has 0 N–H and O–H groups in total. The molecule has 31 heavy (non-hydrogen) atoms. The summed E-state index contributed by atoms with van der Waals surface area (Å²) in [4.78, 5) is 16.9. The highest BCUT2D eigenvalue weighted by Gasteiger charge is 2.24. The summed E-state index contributed by atoms with van der Waals surface area (Å²) < 4.78 is 11.7. The van der Waals surface area contributed by atoms with Crippen LogP contribution in [0.3, 0.4) is 0 Å². The smallest absolute Gasteiger partial charge is 0.255 e. The van der Waals surface area contributed by atoms with Gasteiger partial charge in [-0.05, 0) is 65.1 Å². The van der Waals surface area contributed by atoms with Crippen molar-refractivity contribution in [2.45, 2.75) is 0 Å². The first-order valence-electron chi connectivity index (χ1n) is 9.95. The molecule has 1 fully saturated rings. The van der Waals surface area contributed by atoms with E-state index in [1.807, 2.05) is 59.5 Å². The highest BCUT2D eigenvalue weighted by Crippen LogP contribution is 2.32. The van der Waals surface area contributed by atoms with Crippen molar-refractivity contribution < 1.29 is 14.3 Å². The van der Waals surface area contributed by atoms with Crippen molar-refractivity contribution in [1.82, 2.24) is 15.1 Å². The number of halogens is 1. The van der Waals surface area contributed by atoms with Crippen molar-refractivity contribution >= 4 is 34.3 Å². The minimum Gasteiger partial charge on any atom is -0.497 e. The Balaban J connectivity index is 1.44. The molecule has 160 valence electrons. The summed E-state index contributed by atoms with van der Waals surface area (Å²) in [6.07, 6.45) is 0. The number of anilines is 1. The summed E-state index contributed by atoms with van der Waals surface area (Å²) in [6, 6.07) is 17.2. The molecule has 0 bridgehead atoms. The van der Waals surface area contributed by atoms with Crippen molar-refractivity contribution in [1.29, 1.82) is 0 Å². The van der Waals surface area contributed by atoms with Crippen LogP contribution in [0.15, 0.2) is 54.6 Å². The Morgan fingerprint density at radius 1 is 0.935 bits per heavy atom. The Morgan fingerprint density at radius 3 is 2.35 bits per heavy atom. The number of methoxy groups -OCH3 is 2. The molecule has 4 rings (SSSR count). The van der Waals surface area contributed by atoms with Gasteiger partial charge >= 0.3 is 0 Å². The van der Waals surface area contributed by atoms with Gasteiger partial charge < -0.3 is 19.3 Å². The van der Waals surface area contributed by atoms with Gasteiger partial charge in [0.1, 0.15) is 11.5 Å². The van der Waals surface area contributed by atoms with Gasteiger partial charge in [-0.3, -0.25) is 4.79 Å². The molecule has 3 aromatic rings. The summed E-state index contributed by atoms with van der Waals surface area (Å²) in [5.74, 6) is 2.32. The van der Waals surface area contributed by atoms with Crippen LogP contribution in [0.1, 0.15) is 10.4 Å². The molecular weight excluding hydrogens is 507 g/mol. The number of carbonyl (C=O) groups is 1. The van der Waals surface area contributed by atoms with E-state index < -0.39 is 0 Å². The lowest BCUT2D eigenvalue weighted by Gasteiger charge is -2.35. The molecule has 1 aliphatic heterocycles. The normalized spacial score (nSPS) is 13.8. The third-order valence-electron chi connectivity index (χ3n) is 5.33. The quantitative estimate of drug-likeness (QED) is 0.469. The lowest BCUT2D eigenvalue weighted by Crippen LogP contribution is -2.49. The number of ether oxygens (including phenoxy) is 2. The fraction of sp³-hybridized carbons (Fsp3) is 0.261. The predicted molar refractivity (Wildman–Crippen MR) is 128 cm³/mol. The Hall–Kier alpha value is -2.88. The van der Waals surface area contributed by atoms with Crippen molar-refractivity contribution in [3.63, 3.8) is 0 Å². The average Bonchev–Trinajstić information content (AvgIpc) is 2.83. The first-order valence-corrected chi connectivity index (χ1v) is 11.0. The van der Waals surface area contributed by atoms with Crippen LogP contribution in [-0.2, 0) is 0 Å². The van der Waals surface area contributed by atoms with Crippen LogP contribution >= 0.6 is 22.6 Å². The van der Waals surface area contributed by atoms with Crippen LogP contribution in [0, 0.1) is 3.57 Å². The molecule has 1 amide bonds. The summed E-state index contributed by atoms with van der Waals surface area (Å²) in [5.41, 5.74) is 2.30. The van der Waals surface area contributed by atoms with Crippen LogP contribution in [-0.4, -0.2) is 61.4 Å². The van der Waals surface area contributed by atoms with Crippen LogP contribution in [0.5, 0.6) is 11.5 Å². The molecule has 0 atom stereocenters. The Labute approximate surface area is 195 Å². The van der Waals surface area contributed by atoms with E-state index in [0.29, 0.717) is 37.6 Å². The Morgan fingerprint density at radius 2 is 1.71 bits per heavy atom. The molecule has 0 radical (unpaired) electrons. The van der Waals surface area contributed by atoms with Crippen LogP contribution < -0.4 is 14.4 Å². The zero-order chi connectivity index (χ0) is 21.8. The third-order valence-corrected chi connectivity index (χ3v) is 6.27. The summed E-state index contributed by atoms with van der Waals surface area (Å²) in [7, 11) is 3.26. The maximum Gasteiger partial charge on any atom is 0.255 e. The molecule has 1 saturated heterocycles. The van der Waals surface area contributed by atoms with Crippen molar-refractivity contribution in [3.05, 3.63) is 63.7 Å². The van der Waals surface area contributed by atoms with Crippen molar-refractivity contribution in [2.24, 2.45) is 0 Å². The van der Waals surface area contributed by atoms with E-state index in [2.05, 4.69) is 37.7 Å². The second-order valence-corrected chi connectivity index (χ2v) is 8.26. The molecule has 1 aliphatic rings. The molecule has 1 aromatic heterocycles. The number of nitrogens with zero attached hydrogens (tertiary/aromatic N) is 4. The molecular formula is C23H23IN4O3. The monoisotopic (exact) mass is 530 g/mol. The second kappa shape index (κ2) is 9.51. The number of hydrogen-bond acceptors (Lipinski definition) is 6. The van der Waals surface area contributed by atoms with E-state index in [0.717, 1.165) is 26.3 Å². The fourth-order valence-electron chi connectivity index (χ4n) is 3.60. The molecule has 2 heterocycles. The van der Waals surface area contributed by atoms with Crippen LogP contribution in [0.25, 0.3) is 11.3 Å². The number of aromatic nitrogens is 2. The highest BCUT2D eigenvalue weighted by molar-refractivity contribution is 14.1. The SMILES string of the molecule is COc1ccc(OC)c(-c2ccc(N3CCN(C(=O)c4ccccc4I)CC3)nn2)c1. The zero-order valence-corrected chi connectivity index (χ0v) is 19.6. The largest absolute Gasteiger partial charge is 0.497 e. The van der Waals surface area contributed by atoms with Gasteiger partial charge in [0.25, 0.3) is 5.91 Å². The molecule has 0 saturated carbocycles. The minimum absolute atomic E-state index is 0.0798. The second-order valence-electron chi connectivity index (χ2n) is 7.10. The number of piperazine rings is 1. The van der Waals surface area contributed by atoms with E-state index in [4.69, 9.17) is 9.47 Å². The van der Waals surface area contributed by atoms with E-state index in [-0.39, 0.29) is 5.91 Å². The zero-order valence-electron chi connectivity index (χ0n) is 17.4. The average molecular weight is 530 g/mol.